The molecule has 3 N–H and O–H groups in total. The van der Waals surface area contributed by atoms with Gasteiger partial charge in [-0.2, -0.15) is 0 Å². The SMILES string of the molecule is NCC1CCCC1NC(=O)CCOc1ccccc1Br. The molecule has 110 valence electrons. The number of benzene rings is 1. The van der Waals surface area contributed by atoms with Crippen LogP contribution in [0.4, 0.5) is 0 Å². The summed E-state index contributed by atoms with van der Waals surface area (Å²) < 4.78 is 6.49. The lowest BCUT2D eigenvalue weighted by Gasteiger charge is -2.19. The Morgan fingerprint density at radius 3 is 2.95 bits per heavy atom. The molecule has 1 aromatic carbocycles. The van der Waals surface area contributed by atoms with Crippen LogP contribution in [0.1, 0.15) is 25.7 Å². The third-order valence-corrected chi connectivity index (χ3v) is 4.39. The van der Waals surface area contributed by atoms with Gasteiger partial charge in [-0.25, -0.2) is 0 Å². The first-order valence-corrected chi connectivity index (χ1v) is 7.86. The van der Waals surface area contributed by atoms with Crippen LogP contribution in [0.15, 0.2) is 28.7 Å². The van der Waals surface area contributed by atoms with E-state index >= 15 is 0 Å². The van der Waals surface area contributed by atoms with Crippen molar-refractivity contribution in [1.29, 1.82) is 0 Å². The molecule has 2 atom stereocenters. The number of carbonyl (C=O) groups excluding carboxylic acids is 1. The maximum atomic E-state index is 11.9. The fourth-order valence-electron chi connectivity index (χ4n) is 2.60. The Labute approximate surface area is 128 Å². The molecule has 1 saturated carbocycles. The number of hydrogen-bond acceptors (Lipinski definition) is 3. The summed E-state index contributed by atoms with van der Waals surface area (Å²) in [4.78, 5) is 11.9. The van der Waals surface area contributed by atoms with Crippen molar-refractivity contribution < 1.29 is 9.53 Å². The molecule has 1 fully saturated rings. The van der Waals surface area contributed by atoms with E-state index < -0.39 is 0 Å². The largest absolute Gasteiger partial charge is 0.492 e. The highest BCUT2D eigenvalue weighted by Crippen LogP contribution is 2.25. The Morgan fingerprint density at radius 2 is 2.20 bits per heavy atom. The van der Waals surface area contributed by atoms with Crippen molar-refractivity contribution in [2.45, 2.75) is 31.7 Å². The third kappa shape index (κ3) is 4.21. The van der Waals surface area contributed by atoms with E-state index in [0.29, 0.717) is 25.5 Å². The number of amides is 1. The van der Waals surface area contributed by atoms with E-state index in [1.807, 2.05) is 24.3 Å². The predicted octanol–water partition coefficient (Wildman–Crippen LogP) is 2.46. The minimum Gasteiger partial charge on any atom is -0.492 e. The maximum absolute atomic E-state index is 11.9. The van der Waals surface area contributed by atoms with Gasteiger partial charge in [0, 0.05) is 6.04 Å². The maximum Gasteiger partial charge on any atom is 0.223 e. The highest BCUT2D eigenvalue weighted by molar-refractivity contribution is 9.10. The van der Waals surface area contributed by atoms with Gasteiger partial charge >= 0.3 is 0 Å². The zero-order chi connectivity index (χ0) is 14.4. The minimum atomic E-state index is 0.0439. The normalized spacial score (nSPS) is 21.7. The molecule has 4 nitrogen and oxygen atoms in total. The summed E-state index contributed by atoms with van der Waals surface area (Å²) in [6.45, 7) is 1.03. The number of ether oxygens (including phenoxy) is 1. The Bertz CT molecular complexity index is 453. The Kier molecular flexibility index (Phi) is 5.86. The zero-order valence-corrected chi connectivity index (χ0v) is 13.1. The molecule has 0 heterocycles. The van der Waals surface area contributed by atoms with E-state index in [2.05, 4.69) is 21.2 Å². The first kappa shape index (κ1) is 15.3. The van der Waals surface area contributed by atoms with Gasteiger partial charge in [0.05, 0.1) is 17.5 Å². The van der Waals surface area contributed by atoms with Crippen molar-refractivity contribution in [3.8, 4) is 5.75 Å². The van der Waals surface area contributed by atoms with Gasteiger partial charge < -0.3 is 15.8 Å². The molecule has 0 aliphatic heterocycles. The van der Waals surface area contributed by atoms with Gasteiger partial charge in [-0.05, 0) is 53.4 Å². The summed E-state index contributed by atoms with van der Waals surface area (Å²) >= 11 is 3.41. The lowest BCUT2D eigenvalue weighted by atomic mass is 10.0. The van der Waals surface area contributed by atoms with Crippen LogP contribution < -0.4 is 15.8 Å². The van der Waals surface area contributed by atoms with Crippen molar-refractivity contribution in [3.05, 3.63) is 28.7 Å². The highest BCUT2D eigenvalue weighted by Gasteiger charge is 2.27. The molecule has 1 aliphatic carbocycles. The average molecular weight is 341 g/mol. The second-order valence-electron chi connectivity index (χ2n) is 5.13. The average Bonchev–Trinajstić information content (AvgIpc) is 2.88. The topological polar surface area (TPSA) is 64.3 Å². The summed E-state index contributed by atoms with van der Waals surface area (Å²) in [7, 11) is 0. The summed E-state index contributed by atoms with van der Waals surface area (Å²) in [5, 5.41) is 3.07. The number of nitrogens with two attached hydrogens (primary N) is 1. The van der Waals surface area contributed by atoms with Crippen LogP contribution in [0.2, 0.25) is 0 Å². The summed E-state index contributed by atoms with van der Waals surface area (Å²) in [5.74, 6) is 1.24. The second-order valence-corrected chi connectivity index (χ2v) is 5.98. The molecule has 1 aromatic rings. The van der Waals surface area contributed by atoms with Crippen LogP contribution >= 0.6 is 15.9 Å². The number of para-hydroxylation sites is 1. The van der Waals surface area contributed by atoms with E-state index in [4.69, 9.17) is 10.5 Å². The molecule has 2 unspecified atom stereocenters. The molecule has 5 heteroatoms. The summed E-state index contributed by atoms with van der Waals surface area (Å²) in [5.41, 5.74) is 5.71. The molecule has 0 aromatic heterocycles. The quantitative estimate of drug-likeness (QED) is 0.835. The van der Waals surface area contributed by atoms with E-state index in [0.717, 1.165) is 29.5 Å². The first-order valence-electron chi connectivity index (χ1n) is 7.07. The van der Waals surface area contributed by atoms with Crippen LogP contribution in [0.25, 0.3) is 0 Å². The fraction of sp³-hybridized carbons (Fsp3) is 0.533. The standard InChI is InChI=1S/C15H21BrN2O2/c16-12-5-1-2-7-14(12)20-9-8-15(19)18-13-6-3-4-11(13)10-17/h1-2,5,7,11,13H,3-4,6,8-10,17H2,(H,18,19). The van der Waals surface area contributed by atoms with Crippen molar-refractivity contribution in [2.24, 2.45) is 11.7 Å². The van der Waals surface area contributed by atoms with Crippen LogP contribution in [0, 0.1) is 5.92 Å². The molecule has 0 spiro atoms. The van der Waals surface area contributed by atoms with Crippen LogP contribution in [0.3, 0.4) is 0 Å². The monoisotopic (exact) mass is 340 g/mol. The molecular weight excluding hydrogens is 320 g/mol. The van der Waals surface area contributed by atoms with Crippen molar-refractivity contribution in [1.82, 2.24) is 5.32 Å². The van der Waals surface area contributed by atoms with Gasteiger partial charge in [0.15, 0.2) is 0 Å². The van der Waals surface area contributed by atoms with Gasteiger partial charge in [0.2, 0.25) is 5.91 Å². The number of hydrogen-bond donors (Lipinski definition) is 2. The number of halogens is 1. The van der Waals surface area contributed by atoms with Crippen molar-refractivity contribution >= 4 is 21.8 Å². The van der Waals surface area contributed by atoms with Gasteiger partial charge in [-0.3, -0.25) is 4.79 Å². The van der Waals surface area contributed by atoms with Crippen molar-refractivity contribution in [3.63, 3.8) is 0 Å². The second kappa shape index (κ2) is 7.64. The first-order chi connectivity index (χ1) is 9.70. The Balaban J connectivity index is 1.72. The van der Waals surface area contributed by atoms with Gasteiger partial charge in [-0.1, -0.05) is 18.6 Å². The number of rotatable bonds is 6. The Morgan fingerprint density at radius 1 is 1.40 bits per heavy atom. The van der Waals surface area contributed by atoms with Gasteiger partial charge in [-0.15, -0.1) is 0 Å². The van der Waals surface area contributed by atoms with Crippen molar-refractivity contribution in [2.75, 3.05) is 13.2 Å². The smallest absolute Gasteiger partial charge is 0.223 e. The molecule has 1 amide bonds. The summed E-state index contributed by atoms with van der Waals surface area (Å²) in [6, 6.07) is 7.88. The Hall–Kier alpha value is -1.07. The van der Waals surface area contributed by atoms with E-state index in [9.17, 15) is 4.79 Å². The molecule has 0 saturated heterocycles. The molecule has 1 aliphatic rings. The van der Waals surface area contributed by atoms with E-state index in [1.54, 1.807) is 0 Å². The van der Waals surface area contributed by atoms with Crippen LogP contribution in [-0.4, -0.2) is 25.1 Å². The molecule has 20 heavy (non-hydrogen) atoms. The summed E-state index contributed by atoms with van der Waals surface area (Å²) in [6.07, 6.45) is 3.68. The lowest BCUT2D eigenvalue weighted by molar-refractivity contribution is -0.122. The predicted molar refractivity (Wildman–Crippen MR) is 82.6 cm³/mol. The van der Waals surface area contributed by atoms with Gasteiger partial charge in [0.25, 0.3) is 0 Å². The number of carbonyl (C=O) groups is 1. The fourth-order valence-corrected chi connectivity index (χ4v) is 3.00. The minimum absolute atomic E-state index is 0.0439. The molecular formula is C15H21BrN2O2. The molecule has 0 bridgehead atoms. The van der Waals surface area contributed by atoms with E-state index in [-0.39, 0.29) is 11.9 Å². The van der Waals surface area contributed by atoms with Crippen LogP contribution in [-0.2, 0) is 4.79 Å². The van der Waals surface area contributed by atoms with Crippen LogP contribution in [0.5, 0.6) is 5.75 Å². The number of nitrogens with one attached hydrogen (secondary N) is 1. The zero-order valence-electron chi connectivity index (χ0n) is 11.5. The third-order valence-electron chi connectivity index (χ3n) is 3.73. The molecule has 0 radical (unpaired) electrons. The van der Waals surface area contributed by atoms with E-state index in [1.165, 1.54) is 0 Å². The highest BCUT2D eigenvalue weighted by atomic mass is 79.9. The van der Waals surface area contributed by atoms with Gasteiger partial charge in [0.1, 0.15) is 5.75 Å². The molecule has 2 rings (SSSR count). The lowest BCUT2D eigenvalue weighted by Crippen LogP contribution is -2.40.